The standard InChI is InChI=1S/C45H23B5N4O/c46-37-36(38(47)40(49)41(50)39(37)48)24-17-19-26(20-18-24)44-51-43(25-9-2-1-3-10-25)52-45(53-44)32-14-8-13-31-30-22-21-27(23-35(30)55-42(31)32)54-33-15-6-4-11-28(33)29-12-5-7-16-34(29)54/h1-23H. The molecule has 3 heterocycles. The number of nitrogens with zero attached hydrogens (tertiary/aromatic N) is 4. The third-order valence-electron chi connectivity index (χ3n) is 10.4. The van der Waals surface area contributed by atoms with E-state index >= 15 is 0 Å². The largest absolute Gasteiger partial charge is 0.455 e. The minimum Gasteiger partial charge on any atom is -0.455 e. The summed E-state index contributed by atoms with van der Waals surface area (Å²) in [7, 11) is 31.1. The summed E-state index contributed by atoms with van der Waals surface area (Å²) in [6.07, 6.45) is 0. The predicted molar refractivity (Wildman–Crippen MR) is 230 cm³/mol. The summed E-state index contributed by atoms with van der Waals surface area (Å²) in [5.41, 5.74) is 9.43. The van der Waals surface area contributed by atoms with Crippen LogP contribution in [0.2, 0.25) is 0 Å². The van der Waals surface area contributed by atoms with Gasteiger partial charge in [0, 0.05) is 44.4 Å². The van der Waals surface area contributed by atoms with Gasteiger partial charge in [-0.3, -0.25) is 0 Å². The first-order valence-corrected chi connectivity index (χ1v) is 17.7. The van der Waals surface area contributed by atoms with Crippen LogP contribution in [-0.2, 0) is 0 Å². The molecule has 10 rings (SSSR count). The highest BCUT2D eigenvalue weighted by Crippen LogP contribution is 2.38. The molecule has 0 bridgehead atoms. The zero-order valence-electron chi connectivity index (χ0n) is 29.4. The topological polar surface area (TPSA) is 56.7 Å². The normalized spacial score (nSPS) is 11.6. The number of furan rings is 1. The molecular formula is C45H23B5N4O. The molecule has 0 aliphatic rings. The Morgan fingerprint density at radius 2 is 0.945 bits per heavy atom. The van der Waals surface area contributed by atoms with Gasteiger partial charge < -0.3 is 8.98 Å². The van der Waals surface area contributed by atoms with Crippen LogP contribution in [0, 0.1) is 0 Å². The summed E-state index contributed by atoms with van der Waals surface area (Å²) in [6.45, 7) is 0. The van der Waals surface area contributed by atoms with E-state index in [2.05, 4.69) is 77.4 Å². The Kier molecular flexibility index (Phi) is 7.70. The maximum atomic E-state index is 6.74. The van der Waals surface area contributed by atoms with Gasteiger partial charge in [-0.05, 0) is 41.5 Å². The van der Waals surface area contributed by atoms with Gasteiger partial charge in [0.2, 0.25) is 0 Å². The molecule has 0 unspecified atom stereocenters. The third-order valence-corrected chi connectivity index (χ3v) is 10.4. The Labute approximate surface area is 323 Å². The number of benzene rings is 7. The zero-order chi connectivity index (χ0) is 37.4. The molecule has 55 heavy (non-hydrogen) atoms. The Morgan fingerprint density at radius 1 is 0.418 bits per heavy atom. The maximum Gasteiger partial charge on any atom is 0.167 e. The van der Waals surface area contributed by atoms with E-state index in [0.717, 1.165) is 55.3 Å². The predicted octanol–water partition coefficient (Wildman–Crippen LogP) is 5.51. The van der Waals surface area contributed by atoms with Crippen molar-refractivity contribution in [2.45, 2.75) is 0 Å². The molecule has 10 aromatic rings. The van der Waals surface area contributed by atoms with Gasteiger partial charge in [-0.25, -0.2) is 15.0 Å². The van der Waals surface area contributed by atoms with Gasteiger partial charge in [-0.1, -0.05) is 114 Å². The monoisotopic (exact) mass is 690 g/mol. The highest BCUT2D eigenvalue weighted by Gasteiger charge is 2.20. The molecule has 0 spiro atoms. The summed E-state index contributed by atoms with van der Waals surface area (Å²) in [6, 6.07) is 46.8. The van der Waals surface area contributed by atoms with Crippen LogP contribution in [0.3, 0.4) is 0 Å². The van der Waals surface area contributed by atoms with Crippen LogP contribution in [0.1, 0.15) is 0 Å². The molecule has 10 radical (unpaired) electrons. The Bertz CT molecular complexity index is 3070. The quantitative estimate of drug-likeness (QED) is 0.224. The van der Waals surface area contributed by atoms with Gasteiger partial charge in [0.15, 0.2) is 17.5 Å². The second-order valence-electron chi connectivity index (χ2n) is 13.5. The van der Waals surface area contributed by atoms with Crippen LogP contribution >= 0.6 is 0 Å². The maximum absolute atomic E-state index is 6.74. The molecule has 3 aromatic heterocycles. The first kappa shape index (κ1) is 33.1. The fraction of sp³-hybridized carbons (Fsp3) is 0. The molecule has 0 fully saturated rings. The van der Waals surface area contributed by atoms with E-state index in [1.54, 1.807) is 0 Å². The molecule has 244 valence electrons. The van der Waals surface area contributed by atoms with Gasteiger partial charge in [0.25, 0.3) is 0 Å². The molecule has 0 aliphatic carbocycles. The van der Waals surface area contributed by atoms with Crippen LogP contribution in [-0.4, -0.2) is 58.8 Å². The van der Waals surface area contributed by atoms with Gasteiger partial charge in [-0.15, -0.1) is 16.4 Å². The number of fused-ring (bicyclic) bond motifs is 6. The Hall–Kier alpha value is -6.53. The van der Waals surface area contributed by atoms with Gasteiger partial charge in [0.1, 0.15) is 50.4 Å². The van der Waals surface area contributed by atoms with Crippen LogP contribution in [0.4, 0.5) is 0 Å². The van der Waals surface area contributed by atoms with Crippen molar-refractivity contribution >= 4 is 110 Å². The van der Waals surface area contributed by atoms with Crippen LogP contribution in [0.15, 0.2) is 144 Å². The van der Waals surface area contributed by atoms with E-state index in [-0.39, 0.29) is 27.3 Å². The van der Waals surface area contributed by atoms with Crippen molar-refractivity contribution in [2.75, 3.05) is 0 Å². The van der Waals surface area contributed by atoms with Gasteiger partial charge >= 0.3 is 0 Å². The molecule has 0 amide bonds. The smallest absolute Gasteiger partial charge is 0.167 e. The fourth-order valence-electron chi connectivity index (χ4n) is 7.59. The Balaban J connectivity index is 1.12. The zero-order valence-corrected chi connectivity index (χ0v) is 29.4. The summed E-state index contributed by atoms with van der Waals surface area (Å²) in [4.78, 5) is 15.0. The second-order valence-corrected chi connectivity index (χ2v) is 13.5. The van der Waals surface area contributed by atoms with Crippen molar-refractivity contribution in [1.29, 1.82) is 0 Å². The van der Waals surface area contributed by atoms with E-state index in [1.165, 1.54) is 10.8 Å². The number of hydrogen-bond donors (Lipinski definition) is 0. The summed E-state index contributed by atoms with van der Waals surface area (Å²) < 4.78 is 9.03. The molecule has 5 nitrogen and oxygen atoms in total. The number of para-hydroxylation sites is 3. The number of hydrogen-bond acceptors (Lipinski definition) is 4. The van der Waals surface area contributed by atoms with E-state index in [1.807, 2.05) is 66.7 Å². The lowest BCUT2D eigenvalue weighted by Gasteiger charge is -2.21. The number of rotatable bonds is 5. The van der Waals surface area contributed by atoms with Crippen LogP contribution in [0.5, 0.6) is 0 Å². The molecular weight excluding hydrogens is 667 g/mol. The molecule has 0 N–H and O–H groups in total. The molecule has 0 saturated carbocycles. The average molecular weight is 690 g/mol. The second kappa shape index (κ2) is 12.8. The minimum atomic E-state index is 0.171. The fourth-order valence-corrected chi connectivity index (χ4v) is 7.59. The number of aromatic nitrogens is 4. The first-order valence-electron chi connectivity index (χ1n) is 17.7. The summed E-state index contributed by atoms with van der Waals surface area (Å²) in [5, 5.41) is 4.36. The van der Waals surface area contributed by atoms with Crippen molar-refractivity contribution in [1.82, 2.24) is 19.5 Å². The lowest BCUT2D eigenvalue weighted by Crippen LogP contribution is -2.55. The molecule has 0 atom stereocenters. The molecule has 0 saturated heterocycles. The lowest BCUT2D eigenvalue weighted by molar-refractivity contribution is 0.669. The average Bonchev–Trinajstić information content (AvgIpc) is 3.78. The van der Waals surface area contributed by atoms with Crippen molar-refractivity contribution < 1.29 is 4.42 Å². The van der Waals surface area contributed by atoms with E-state index in [4.69, 9.17) is 58.6 Å². The van der Waals surface area contributed by atoms with Gasteiger partial charge in [-0.2, -0.15) is 0 Å². The first-order chi connectivity index (χ1) is 26.9. The van der Waals surface area contributed by atoms with Crippen LogP contribution in [0.25, 0.3) is 94.7 Å². The van der Waals surface area contributed by atoms with Crippen molar-refractivity contribution in [3.05, 3.63) is 140 Å². The van der Waals surface area contributed by atoms with E-state index in [0.29, 0.717) is 28.6 Å². The van der Waals surface area contributed by atoms with Crippen LogP contribution < -0.4 is 27.3 Å². The Morgan fingerprint density at radius 3 is 1.60 bits per heavy atom. The van der Waals surface area contributed by atoms with Gasteiger partial charge in [0.05, 0.1) is 16.6 Å². The third kappa shape index (κ3) is 5.27. The highest BCUT2D eigenvalue weighted by atomic mass is 16.3. The van der Waals surface area contributed by atoms with E-state index < -0.39 is 0 Å². The summed E-state index contributed by atoms with van der Waals surface area (Å²) >= 11 is 0. The van der Waals surface area contributed by atoms with Crippen molar-refractivity contribution in [3.8, 4) is 51.0 Å². The SMILES string of the molecule is [B]c1c([B])c([B])c(-c2ccc(-c3nc(-c4ccccc4)nc(-c4cccc5c4oc4cc(-n6c7ccccc7c7ccccc76)ccc45)n3)cc2)c([B])c1[B]. The minimum absolute atomic E-state index is 0.171. The van der Waals surface area contributed by atoms with E-state index in [9.17, 15) is 0 Å². The lowest BCUT2D eigenvalue weighted by atomic mass is 9.59. The molecule has 0 aliphatic heterocycles. The summed E-state index contributed by atoms with van der Waals surface area (Å²) in [5.74, 6) is 1.49. The highest BCUT2D eigenvalue weighted by molar-refractivity contribution is 6.68. The van der Waals surface area contributed by atoms with Crippen molar-refractivity contribution in [3.63, 3.8) is 0 Å². The molecule has 10 heteroatoms. The van der Waals surface area contributed by atoms with Crippen molar-refractivity contribution in [2.24, 2.45) is 0 Å². The molecule has 7 aromatic carbocycles.